The zero-order valence-corrected chi connectivity index (χ0v) is 15.4. The van der Waals surface area contributed by atoms with Crippen molar-refractivity contribution in [2.45, 2.75) is 82.5 Å². The number of hydrogen-bond donors (Lipinski definition) is 1. The molecule has 2 fully saturated rings. The Hall–Kier alpha value is -1.79. The molecule has 0 aliphatic heterocycles. The summed E-state index contributed by atoms with van der Waals surface area (Å²) in [6, 6.07) is 2.42. The second-order valence-corrected chi connectivity index (χ2v) is 7.75. The first-order valence-corrected chi connectivity index (χ1v) is 9.89. The van der Waals surface area contributed by atoms with Crippen LogP contribution in [0.4, 0.5) is 13.2 Å². The molecule has 7 heteroatoms. The van der Waals surface area contributed by atoms with E-state index in [1.54, 1.807) is 0 Å². The van der Waals surface area contributed by atoms with Gasteiger partial charge in [-0.1, -0.05) is 19.3 Å². The second kappa shape index (κ2) is 8.93. The highest BCUT2D eigenvalue weighted by atomic mass is 19.4. The maximum absolute atomic E-state index is 12.6. The van der Waals surface area contributed by atoms with E-state index in [1.807, 2.05) is 0 Å². The van der Waals surface area contributed by atoms with Crippen molar-refractivity contribution in [1.29, 1.82) is 0 Å². The largest absolute Gasteiger partial charge is 0.474 e. The maximum atomic E-state index is 12.6. The summed E-state index contributed by atoms with van der Waals surface area (Å²) in [5.41, 5.74) is -0.778. The number of pyridine rings is 1. The molecule has 0 saturated heterocycles. The average molecular weight is 384 g/mol. The van der Waals surface area contributed by atoms with Crippen molar-refractivity contribution in [3.8, 4) is 5.88 Å². The number of nitrogens with one attached hydrogen (secondary N) is 1. The first-order chi connectivity index (χ1) is 12.9. The third-order valence-electron chi connectivity index (χ3n) is 5.59. The lowest BCUT2D eigenvalue weighted by atomic mass is 9.86. The summed E-state index contributed by atoms with van der Waals surface area (Å²) < 4.78 is 43.4. The molecule has 2 saturated carbocycles. The van der Waals surface area contributed by atoms with Crippen molar-refractivity contribution >= 4 is 5.91 Å². The number of hydrogen-bond acceptors (Lipinski definition) is 3. The van der Waals surface area contributed by atoms with Crippen molar-refractivity contribution in [3.63, 3.8) is 0 Å². The van der Waals surface area contributed by atoms with Crippen LogP contribution >= 0.6 is 0 Å². The Labute approximate surface area is 157 Å². The van der Waals surface area contributed by atoms with Gasteiger partial charge in [0.15, 0.2) is 0 Å². The molecular formula is C20H27F3N2O2. The Morgan fingerprint density at radius 3 is 2.37 bits per heavy atom. The molecule has 4 nitrogen and oxygen atoms in total. The number of aromatic nitrogens is 1. The number of nitrogens with zero attached hydrogens (tertiary/aromatic N) is 1. The van der Waals surface area contributed by atoms with Crippen molar-refractivity contribution in [1.82, 2.24) is 10.3 Å². The monoisotopic (exact) mass is 384 g/mol. The smallest absolute Gasteiger partial charge is 0.417 e. The van der Waals surface area contributed by atoms with E-state index in [9.17, 15) is 18.0 Å². The van der Waals surface area contributed by atoms with E-state index in [-0.39, 0.29) is 23.9 Å². The highest BCUT2D eigenvalue weighted by Crippen LogP contribution is 2.30. The Balaban J connectivity index is 1.39. The molecule has 27 heavy (non-hydrogen) atoms. The van der Waals surface area contributed by atoms with Crippen LogP contribution < -0.4 is 10.1 Å². The van der Waals surface area contributed by atoms with Gasteiger partial charge in [0.2, 0.25) is 11.8 Å². The molecule has 1 N–H and O–H groups in total. The van der Waals surface area contributed by atoms with E-state index >= 15 is 0 Å². The summed E-state index contributed by atoms with van der Waals surface area (Å²) >= 11 is 0. The minimum Gasteiger partial charge on any atom is -0.474 e. The quantitative estimate of drug-likeness (QED) is 0.787. The number of carbonyl (C=O) groups is 1. The summed E-state index contributed by atoms with van der Waals surface area (Å²) in [6.07, 6.45) is 6.21. The van der Waals surface area contributed by atoms with E-state index in [1.165, 1.54) is 25.3 Å². The van der Waals surface area contributed by atoms with Crippen LogP contribution in [0.1, 0.15) is 69.8 Å². The fourth-order valence-electron chi connectivity index (χ4n) is 4.05. The van der Waals surface area contributed by atoms with Gasteiger partial charge in [-0.15, -0.1) is 0 Å². The summed E-state index contributed by atoms with van der Waals surface area (Å²) in [7, 11) is 0. The van der Waals surface area contributed by atoms with Crippen LogP contribution in [0.2, 0.25) is 0 Å². The predicted molar refractivity (Wildman–Crippen MR) is 95.2 cm³/mol. The predicted octanol–water partition coefficient (Wildman–Crippen LogP) is 4.88. The number of carbonyl (C=O) groups excluding carboxylic acids is 1. The molecule has 2 aliphatic carbocycles. The molecule has 0 atom stereocenters. The highest BCUT2D eigenvalue weighted by Gasteiger charge is 2.31. The zero-order valence-electron chi connectivity index (χ0n) is 15.4. The van der Waals surface area contributed by atoms with Crippen molar-refractivity contribution < 1.29 is 22.7 Å². The summed E-state index contributed by atoms with van der Waals surface area (Å²) in [5, 5.41) is 3.14. The van der Waals surface area contributed by atoms with Gasteiger partial charge in [-0.2, -0.15) is 13.2 Å². The molecule has 0 aromatic carbocycles. The van der Waals surface area contributed by atoms with E-state index in [0.29, 0.717) is 12.3 Å². The lowest BCUT2D eigenvalue weighted by Gasteiger charge is -2.30. The number of halogens is 3. The van der Waals surface area contributed by atoms with Crippen LogP contribution in [-0.2, 0) is 11.0 Å². The highest BCUT2D eigenvalue weighted by molar-refractivity contribution is 5.76. The topological polar surface area (TPSA) is 51.2 Å². The van der Waals surface area contributed by atoms with Gasteiger partial charge in [0.05, 0.1) is 5.56 Å². The molecule has 1 heterocycles. The lowest BCUT2D eigenvalue weighted by Crippen LogP contribution is -2.40. The van der Waals surface area contributed by atoms with Gasteiger partial charge in [0.25, 0.3) is 0 Å². The maximum Gasteiger partial charge on any atom is 0.417 e. The first kappa shape index (κ1) is 20.0. The van der Waals surface area contributed by atoms with Crippen LogP contribution in [0.3, 0.4) is 0 Å². The SMILES string of the molecule is O=C(CC1CCCCC1)NC1CCC(Oc2ccc(C(F)(F)F)cn2)CC1. The third kappa shape index (κ3) is 6.11. The Kier molecular flexibility index (Phi) is 6.60. The van der Waals surface area contributed by atoms with Gasteiger partial charge in [0, 0.05) is 24.7 Å². The fraction of sp³-hybridized carbons (Fsp3) is 0.700. The van der Waals surface area contributed by atoms with Crippen molar-refractivity contribution in [3.05, 3.63) is 23.9 Å². The fourth-order valence-corrected chi connectivity index (χ4v) is 4.05. The molecule has 0 bridgehead atoms. The Morgan fingerprint density at radius 1 is 1.07 bits per heavy atom. The normalized spacial score (nSPS) is 24.4. The Morgan fingerprint density at radius 2 is 1.78 bits per heavy atom. The summed E-state index contributed by atoms with van der Waals surface area (Å²) in [5.74, 6) is 0.896. The number of alkyl halides is 3. The van der Waals surface area contributed by atoms with Gasteiger partial charge in [0.1, 0.15) is 6.10 Å². The van der Waals surface area contributed by atoms with Crippen LogP contribution in [0.25, 0.3) is 0 Å². The number of ether oxygens (including phenoxy) is 1. The van der Waals surface area contributed by atoms with Gasteiger partial charge in [-0.25, -0.2) is 4.98 Å². The van der Waals surface area contributed by atoms with E-state index in [2.05, 4.69) is 10.3 Å². The molecule has 2 aliphatic rings. The Bertz CT molecular complexity index is 605. The third-order valence-corrected chi connectivity index (χ3v) is 5.59. The number of amides is 1. The molecule has 1 aromatic rings. The molecule has 0 unspecified atom stereocenters. The molecule has 1 aromatic heterocycles. The summed E-state index contributed by atoms with van der Waals surface area (Å²) in [4.78, 5) is 16.0. The second-order valence-electron chi connectivity index (χ2n) is 7.75. The summed E-state index contributed by atoms with van der Waals surface area (Å²) in [6.45, 7) is 0. The van der Waals surface area contributed by atoms with E-state index in [4.69, 9.17) is 4.74 Å². The molecule has 1 amide bonds. The first-order valence-electron chi connectivity index (χ1n) is 9.89. The van der Waals surface area contributed by atoms with E-state index < -0.39 is 11.7 Å². The average Bonchev–Trinajstić information content (AvgIpc) is 2.64. The van der Waals surface area contributed by atoms with Crippen LogP contribution in [0.15, 0.2) is 18.3 Å². The molecule has 0 radical (unpaired) electrons. The van der Waals surface area contributed by atoms with Gasteiger partial charge >= 0.3 is 6.18 Å². The molecule has 150 valence electrons. The molecule has 3 rings (SSSR count). The van der Waals surface area contributed by atoms with Crippen LogP contribution in [0, 0.1) is 5.92 Å². The van der Waals surface area contributed by atoms with Crippen LogP contribution in [0.5, 0.6) is 5.88 Å². The molecule has 0 spiro atoms. The van der Waals surface area contributed by atoms with Gasteiger partial charge in [-0.05, 0) is 50.5 Å². The zero-order chi connectivity index (χ0) is 19.3. The van der Waals surface area contributed by atoms with Gasteiger partial charge < -0.3 is 10.1 Å². The van der Waals surface area contributed by atoms with Gasteiger partial charge in [-0.3, -0.25) is 4.79 Å². The standard InChI is InChI=1S/C20H27F3N2O2/c21-20(22,23)15-6-11-19(24-13-15)27-17-9-7-16(8-10-17)25-18(26)12-14-4-2-1-3-5-14/h6,11,13-14,16-17H,1-5,7-10,12H2,(H,25,26). The minimum absolute atomic E-state index is 0.0688. The van der Waals surface area contributed by atoms with Crippen LogP contribution in [-0.4, -0.2) is 23.0 Å². The van der Waals surface area contributed by atoms with Crippen molar-refractivity contribution in [2.24, 2.45) is 5.92 Å². The van der Waals surface area contributed by atoms with Crippen molar-refractivity contribution in [2.75, 3.05) is 0 Å². The molecular weight excluding hydrogens is 357 g/mol. The lowest BCUT2D eigenvalue weighted by molar-refractivity contribution is -0.137. The number of rotatable bonds is 5. The minimum atomic E-state index is -4.39. The van der Waals surface area contributed by atoms with E-state index in [0.717, 1.165) is 50.8 Å².